The molecule has 10 aromatic carbocycles. The maximum Gasteiger partial charge on any atom is 0.356 e. The third-order valence-corrected chi connectivity index (χ3v) is 20.5. The van der Waals surface area contributed by atoms with Crippen molar-refractivity contribution in [3.05, 3.63) is 273 Å². The van der Waals surface area contributed by atoms with Crippen molar-refractivity contribution in [2.24, 2.45) is 0 Å². The van der Waals surface area contributed by atoms with E-state index in [1.54, 1.807) is 8.80 Å². The van der Waals surface area contributed by atoms with Gasteiger partial charge in [0.15, 0.2) is 11.6 Å². The van der Waals surface area contributed by atoms with Crippen LogP contribution in [-0.2, 0) is 17.3 Å². The minimum atomic E-state index is -0.417. The fraction of sp³-hybridized carbons (Fsp3) is 0.0811. The lowest BCUT2D eigenvalue weighted by molar-refractivity contribution is 0.583. The summed E-state index contributed by atoms with van der Waals surface area (Å²) in [5, 5.41) is 5.55. The lowest BCUT2D eigenvalue weighted by Gasteiger charge is -2.28. The van der Waals surface area contributed by atoms with Gasteiger partial charge in [0.25, 0.3) is 0 Å². The zero-order chi connectivity index (χ0) is 57.3. The van der Waals surface area contributed by atoms with Crippen molar-refractivity contribution < 1.29 is 0 Å². The van der Waals surface area contributed by atoms with Gasteiger partial charge in [0.1, 0.15) is 5.00 Å². The molecule has 0 saturated heterocycles. The highest BCUT2D eigenvalue weighted by molar-refractivity contribution is 7.23. The minimum absolute atomic E-state index is 0.287. The van der Waals surface area contributed by atoms with Gasteiger partial charge in [0.2, 0.25) is 9.92 Å². The number of rotatable bonds is 7. The molecule has 0 bridgehead atoms. The van der Waals surface area contributed by atoms with Crippen molar-refractivity contribution >= 4 is 86.4 Å². The van der Waals surface area contributed by atoms with Gasteiger partial charge < -0.3 is 4.57 Å². The van der Waals surface area contributed by atoms with E-state index in [-0.39, 0.29) is 16.8 Å². The van der Waals surface area contributed by atoms with Gasteiger partial charge >= 0.3 is 11.4 Å². The van der Waals surface area contributed by atoms with Crippen LogP contribution in [0.2, 0.25) is 0 Å². The molecule has 16 aromatic rings. The van der Waals surface area contributed by atoms with E-state index in [1.165, 1.54) is 83.5 Å². The molecule has 6 aromatic heterocycles. The van der Waals surface area contributed by atoms with E-state index in [0.717, 1.165) is 82.5 Å². The molecule has 10 nitrogen and oxygen atoms in total. The average molecular weight is 1150 g/mol. The second-order valence-electron chi connectivity index (χ2n) is 23.6. The fourth-order valence-electron chi connectivity index (χ4n) is 14.5. The lowest BCUT2D eigenvalue weighted by Crippen LogP contribution is -2.24. The molecule has 6 heterocycles. The second-order valence-corrected chi connectivity index (χ2v) is 25.6. The van der Waals surface area contributed by atoms with Crippen LogP contribution in [0.1, 0.15) is 48.6 Å². The lowest BCUT2D eigenvalue weighted by atomic mass is 9.74. The number of nitrogens with zero attached hydrogens (tertiary/aromatic N) is 8. The van der Waals surface area contributed by atoms with Crippen LogP contribution in [0, 0.1) is 0 Å². The van der Waals surface area contributed by atoms with Gasteiger partial charge in [-0.15, -0.1) is 0 Å². The summed E-state index contributed by atoms with van der Waals surface area (Å²) in [4.78, 5) is 48.3. The second kappa shape index (κ2) is 17.8. The first kappa shape index (κ1) is 49.1. The Bertz CT molecular complexity index is 5730. The van der Waals surface area contributed by atoms with Gasteiger partial charge in [0.05, 0.1) is 38.0 Å². The smallest absolute Gasteiger partial charge is 0.309 e. The third kappa shape index (κ3) is 6.87. The van der Waals surface area contributed by atoms with E-state index in [4.69, 9.17) is 9.97 Å². The van der Waals surface area contributed by atoms with Crippen molar-refractivity contribution in [2.45, 2.75) is 38.0 Å². The molecule has 0 radical (unpaired) electrons. The molecule has 18 rings (SSSR count). The normalized spacial score (nSPS) is 15.0. The fourth-order valence-corrected chi connectivity index (χ4v) is 16.7. The van der Waals surface area contributed by atoms with Gasteiger partial charge in [-0.1, -0.05) is 213 Å². The van der Waals surface area contributed by atoms with E-state index in [2.05, 4.69) is 179 Å². The molecule has 0 N–H and O–H groups in total. The average Bonchev–Trinajstić information content (AvgIpc) is 1.58. The van der Waals surface area contributed by atoms with Crippen molar-refractivity contribution in [2.75, 3.05) is 0 Å². The molecule has 86 heavy (non-hydrogen) atoms. The molecule has 408 valence electrons. The summed E-state index contributed by atoms with van der Waals surface area (Å²) in [5.41, 5.74) is 19.5. The SMILES string of the molecule is CC1(C)c2ccc(CC3(C)c4ccccc4-c4cc5c6ccccc6n(-c6sc7nc(-c8ccccc8)nc(=O)n7c6-c6ccccc6)c5cc43)cc2-c2cc3c4ccccc4n(-c4ccc5c(c4)sc4nc(-c6ccccc6)nc(=O)n45)c3cc21. The Kier molecular flexibility index (Phi) is 10.2. The predicted octanol–water partition coefficient (Wildman–Crippen LogP) is 16.8. The molecular weight excluding hydrogens is 1100 g/mol. The zero-order valence-corrected chi connectivity index (χ0v) is 48.4. The Morgan fingerprint density at radius 2 is 0.942 bits per heavy atom. The summed E-state index contributed by atoms with van der Waals surface area (Å²) in [6.45, 7) is 7.16. The Morgan fingerprint density at radius 3 is 1.63 bits per heavy atom. The first-order valence-corrected chi connectivity index (χ1v) is 30.5. The standard InChI is InChI=1S/C74H48N8O2S2/c1-73(2)55-33-31-42(35-50(55)52-38-53-48-26-14-17-29-59(48)79(62(53)39-57(52)73)46-32-34-61-64(36-46)85-71-77-66(75-69(83)81(61)71)44-21-9-5-10-22-44)41-74(3)56-28-16-13-25-47(56)51-37-54-49-27-15-18-30-60(49)80(63(54)40-58(51)74)68-65(43-19-7-4-8-20-43)82-70(84)76-67(78-72(82)86-68)45-23-11-6-12-24-45/h4-40H,41H2,1-3H3. The van der Waals surface area contributed by atoms with E-state index in [0.29, 0.717) is 21.6 Å². The number of benzene rings is 10. The number of hydrogen-bond donors (Lipinski definition) is 0. The zero-order valence-electron chi connectivity index (χ0n) is 46.8. The summed E-state index contributed by atoms with van der Waals surface area (Å²) in [5.74, 6) is 0.835. The van der Waals surface area contributed by atoms with Crippen LogP contribution in [0.15, 0.2) is 234 Å². The molecule has 0 fully saturated rings. The van der Waals surface area contributed by atoms with Crippen LogP contribution in [0.4, 0.5) is 0 Å². The number of fused-ring (bicyclic) bond motifs is 16. The largest absolute Gasteiger partial charge is 0.356 e. The molecule has 0 amide bonds. The topological polar surface area (TPSA) is 104 Å². The molecule has 0 saturated carbocycles. The molecule has 1 atom stereocenters. The maximum absolute atomic E-state index is 14.5. The minimum Gasteiger partial charge on any atom is -0.309 e. The highest BCUT2D eigenvalue weighted by atomic mass is 32.1. The molecule has 12 heteroatoms. The van der Waals surface area contributed by atoms with Crippen LogP contribution < -0.4 is 11.4 Å². The quantitative estimate of drug-likeness (QED) is 0.157. The van der Waals surface area contributed by atoms with Crippen LogP contribution in [-0.4, -0.2) is 37.9 Å². The van der Waals surface area contributed by atoms with Crippen LogP contribution in [0.25, 0.3) is 131 Å². The maximum atomic E-state index is 14.5. The summed E-state index contributed by atoms with van der Waals surface area (Å²) < 4.78 is 9.03. The molecular formula is C74H48N8O2S2. The first-order valence-electron chi connectivity index (χ1n) is 28.9. The predicted molar refractivity (Wildman–Crippen MR) is 350 cm³/mol. The van der Waals surface area contributed by atoms with Gasteiger partial charge in [-0.05, 0) is 111 Å². The Hall–Kier alpha value is -10.4. The van der Waals surface area contributed by atoms with E-state index < -0.39 is 5.41 Å². The van der Waals surface area contributed by atoms with Crippen LogP contribution in [0.5, 0.6) is 0 Å². The number of hydrogen-bond acceptors (Lipinski definition) is 8. The Labute approximate surface area is 499 Å². The summed E-state index contributed by atoms with van der Waals surface area (Å²) in [6.07, 6.45) is 0.768. The van der Waals surface area contributed by atoms with Crippen LogP contribution >= 0.6 is 22.7 Å². The first-order chi connectivity index (χ1) is 42.1. The van der Waals surface area contributed by atoms with E-state index in [9.17, 15) is 9.59 Å². The van der Waals surface area contributed by atoms with E-state index in [1.807, 2.05) is 84.9 Å². The summed E-state index contributed by atoms with van der Waals surface area (Å²) in [7, 11) is 0. The van der Waals surface area contributed by atoms with E-state index >= 15 is 0 Å². The van der Waals surface area contributed by atoms with Crippen LogP contribution in [0.3, 0.4) is 0 Å². The molecule has 2 aliphatic carbocycles. The van der Waals surface area contributed by atoms with Crippen molar-refractivity contribution in [1.29, 1.82) is 0 Å². The van der Waals surface area contributed by atoms with Crippen molar-refractivity contribution in [1.82, 2.24) is 37.9 Å². The Balaban J connectivity index is 0.780. The monoisotopic (exact) mass is 1140 g/mol. The number of para-hydroxylation sites is 2. The number of aromatic nitrogens is 8. The summed E-state index contributed by atoms with van der Waals surface area (Å²) in [6, 6.07) is 79.2. The van der Waals surface area contributed by atoms with Crippen molar-refractivity contribution in [3.8, 4) is 67.0 Å². The van der Waals surface area contributed by atoms with Gasteiger partial charge in [-0.3, -0.25) is 4.57 Å². The highest BCUT2D eigenvalue weighted by Crippen LogP contribution is 2.56. The van der Waals surface area contributed by atoms with Gasteiger partial charge in [-0.25, -0.2) is 18.4 Å². The third-order valence-electron chi connectivity index (χ3n) is 18.5. The number of thiazole rings is 2. The summed E-state index contributed by atoms with van der Waals surface area (Å²) >= 11 is 3.03. The highest BCUT2D eigenvalue weighted by Gasteiger charge is 2.42. The van der Waals surface area contributed by atoms with Crippen molar-refractivity contribution in [3.63, 3.8) is 0 Å². The Morgan fingerprint density at radius 1 is 0.395 bits per heavy atom. The molecule has 2 aliphatic rings. The molecule has 1 unspecified atom stereocenters. The molecule has 0 aliphatic heterocycles. The van der Waals surface area contributed by atoms with Gasteiger partial charge in [0, 0.05) is 54.8 Å². The molecule has 0 spiro atoms. The van der Waals surface area contributed by atoms with Gasteiger partial charge in [-0.2, -0.15) is 19.9 Å².